The highest BCUT2D eigenvalue weighted by atomic mass is 31.1. The largest absolute Gasteiger partial charge is 0.364 e. The fraction of sp³-hybridized carbons (Fsp3) is 0.250. The molecule has 2 heteroatoms. The summed E-state index contributed by atoms with van der Waals surface area (Å²) in [7, 11) is 0.223. The molecular weight excluding hydrogens is 141 g/mol. The minimum Gasteiger partial charge on any atom is -0.364 e. The van der Waals surface area contributed by atoms with Crippen LogP contribution in [0.2, 0.25) is 0 Å². The van der Waals surface area contributed by atoms with Crippen LogP contribution in [0.3, 0.4) is 0 Å². The van der Waals surface area contributed by atoms with Crippen molar-refractivity contribution in [3.05, 3.63) is 30.3 Å². The maximum Gasteiger partial charge on any atom is 0.0372 e. The molecule has 1 aromatic rings. The summed E-state index contributed by atoms with van der Waals surface area (Å²) >= 11 is 0. The van der Waals surface area contributed by atoms with E-state index in [1.54, 1.807) is 0 Å². The molecule has 0 unspecified atom stereocenters. The maximum absolute atomic E-state index is 3.48. The van der Waals surface area contributed by atoms with E-state index in [1.807, 2.05) is 6.07 Å². The molecule has 1 nitrogen and oxygen atoms in total. The third kappa shape index (κ3) is 1.48. The van der Waals surface area contributed by atoms with Crippen LogP contribution in [0.25, 0.3) is 0 Å². The molecule has 0 aliphatic carbocycles. The first kappa shape index (κ1) is 6.18. The smallest absolute Gasteiger partial charge is 0.0372 e. The van der Waals surface area contributed by atoms with E-state index in [0.29, 0.717) is 0 Å². The van der Waals surface area contributed by atoms with E-state index in [-0.39, 0.29) is 8.07 Å². The van der Waals surface area contributed by atoms with Crippen LogP contribution in [0.15, 0.2) is 30.3 Å². The Bertz CT molecular complexity index is 206. The van der Waals surface area contributed by atoms with Crippen LogP contribution >= 0.6 is 8.07 Å². The molecule has 0 bridgehead atoms. The van der Waals surface area contributed by atoms with Crippen molar-refractivity contribution in [3.8, 4) is 0 Å². The van der Waals surface area contributed by atoms with Crippen molar-refractivity contribution in [3.63, 3.8) is 0 Å². The number of anilines is 1. The normalized spacial score (nSPS) is 16.8. The van der Waals surface area contributed by atoms with Crippen LogP contribution in [-0.2, 0) is 0 Å². The van der Waals surface area contributed by atoms with Crippen molar-refractivity contribution in [2.24, 2.45) is 0 Å². The zero-order chi connectivity index (χ0) is 6.81. The van der Waals surface area contributed by atoms with E-state index < -0.39 is 0 Å². The highest BCUT2D eigenvalue weighted by Gasteiger charge is 2.20. The highest BCUT2D eigenvalue weighted by Crippen LogP contribution is 2.49. The summed E-state index contributed by atoms with van der Waals surface area (Å²) in [6, 6.07) is 10.4. The molecule has 1 fully saturated rings. The van der Waals surface area contributed by atoms with Gasteiger partial charge in [-0.1, -0.05) is 18.2 Å². The van der Waals surface area contributed by atoms with Crippen LogP contribution < -0.4 is 5.09 Å². The minimum atomic E-state index is 0.223. The molecule has 0 spiro atoms. The van der Waals surface area contributed by atoms with Gasteiger partial charge in [0.1, 0.15) is 0 Å². The molecule has 0 atom stereocenters. The second-order valence-corrected chi connectivity index (χ2v) is 4.66. The van der Waals surface area contributed by atoms with Crippen LogP contribution in [0, 0.1) is 0 Å². The molecule has 1 heterocycles. The second-order valence-electron chi connectivity index (χ2n) is 2.46. The lowest BCUT2D eigenvalue weighted by molar-refractivity contribution is 1.68. The van der Waals surface area contributed by atoms with Crippen molar-refractivity contribution in [1.29, 1.82) is 0 Å². The van der Waals surface area contributed by atoms with Crippen molar-refractivity contribution in [2.45, 2.75) is 0 Å². The van der Waals surface area contributed by atoms with Gasteiger partial charge in [0.2, 0.25) is 0 Å². The van der Waals surface area contributed by atoms with E-state index in [9.17, 15) is 0 Å². The summed E-state index contributed by atoms with van der Waals surface area (Å²) in [6.45, 7) is 0. The number of nitrogens with one attached hydrogen (secondary N) is 1. The summed E-state index contributed by atoms with van der Waals surface area (Å²) in [4.78, 5) is 0. The second kappa shape index (κ2) is 2.59. The Morgan fingerprint density at radius 1 is 1.10 bits per heavy atom. The third-order valence-corrected chi connectivity index (χ3v) is 2.98. The Morgan fingerprint density at radius 2 is 1.80 bits per heavy atom. The van der Waals surface area contributed by atoms with Crippen molar-refractivity contribution < 1.29 is 0 Å². The summed E-state index contributed by atoms with van der Waals surface area (Å²) in [6.07, 6.45) is 2.81. The molecular formula is C8H10NP. The van der Waals surface area contributed by atoms with E-state index in [4.69, 9.17) is 0 Å². The molecule has 0 amide bonds. The van der Waals surface area contributed by atoms with E-state index >= 15 is 0 Å². The Kier molecular flexibility index (Phi) is 1.60. The number of para-hydroxylation sites is 1. The molecule has 10 heavy (non-hydrogen) atoms. The molecule has 1 aliphatic rings. The van der Waals surface area contributed by atoms with Crippen LogP contribution in [0.5, 0.6) is 0 Å². The predicted molar refractivity (Wildman–Crippen MR) is 46.7 cm³/mol. The lowest BCUT2D eigenvalue weighted by Gasteiger charge is -2.01. The van der Waals surface area contributed by atoms with E-state index in [2.05, 4.69) is 29.4 Å². The van der Waals surface area contributed by atoms with Gasteiger partial charge in [0.25, 0.3) is 0 Å². The lowest BCUT2D eigenvalue weighted by Crippen LogP contribution is -1.80. The molecule has 1 saturated heterocycles. The van der Waals surface area contributed by atoms with Gasteiger partial charge in [-0.15, -0.1) is 0 Å². The first-order chi connectivity index (χ1) is 4.95. The van der Waals surface area contributed by atoms with Crippen LogP contribution in [0.4, 0.5) is 5.69 Å². The fourth-order valence-corrected chi connectivity index (χ4v) is 1.99. The Morgan fingerprint density at radius 3 is 2.40 bits per heavy atom. The van der Waals surface area contributed by atoms with Crippen molar-refractivity contribution >= 4 is 13.8 Å². The topological polar surface area (TPSA) is 12.0 Å². The molecule has 0 saturated carbocycles. The van der Waals surface area contributed by atoms with Gasteiger partial charge in [0.15, 0.2) is 0 Å². The predicted octanol–water partition coefficient (Wildman–Crippen LogP) is 2.51. The molecule has 1 N–H and O–H groups in total. The first-order valence-electron chi connectivity index (χ1n) is 3.52. The van der Waals surface area contributed by atoms with Crippen LogP contribution in [-0.4, -0.2) is 12.3 Å². The van der Waals surface area contributed by atoms with Gasteiger partial charge < -0.3 is 5.09 Å². The third-order valence-electron chi connectivity index (χ3n) is 1.51. The summed E-state index contributed by atoms with van der Waals surface area (Å²) in [5.74, 6) is 0. The number of benzene rings is 1. The minimum absolute atomic E-state index is 0.223. The average molecular weight is 151 g/mol. The number of hydrogen-bond donors (Lipinski definition) is 1. The van der Waals surface area contributed by atoms with Gasteiger partial charge in [-0.05, 0) is 32.5 Å². The van der Waals surface area contributed by atoms with Gasteiger partial charge >= 0.3 is 0 Å². The standard InChI is InChI=1S/C8H10NP/c1-2-4-8(5-3-1)9-10-6-7-10/h1-5,9H,6-7H2. The van der Waals surface area contributed by atoms with Gasteiger partial charge in [-0.3, -0.25) is 0 Å². The van der Waals surface area contributed by atoms with E-state index in [0.717, 1.165) is 0 Å². The van der Waals surface area contributed by atoms with Crippen molar-refractivity contribution in [1.82, 2.24) is 0 Å². The summed E-state index contributed by atoms with van der Waals surface area (Å²) in [5, 5.41) is 3.48. The molecule has 2 rings (SSSR count). The SMILES string of the molecule is c1ccc(NP2CC2)cc1. The zero-order valence-corrected chi connectivity index (χ0v) is 6.64. The van der Waals surface area contributed by atoms with Gasteiger partial charge in [-0.2, -0.15) is 0 Å². The molecule has 0 radical (unpaired) electrons. The highest BCUT2D eigenvalue weighted by molar-refractivity contribution is 7.66. The van der Waals surface area contributed by atoms with Crippen LogP contribution in [0.1, 0.15) is 0 Å². The first-order valence-corrected chi connectivity index (χ1v) is 5.23. The fourth-order valence-electron chi connectivity index (χ4n) is 0.857. The Hall–Kier alpha value is -0.550. The number of rotatable bonds is 2. The monoisotopic (exact) mass is 151 g/mol. The van der Waals surface area contributed by atoms with Gasteiger partial charge in [0, 0.05) is 5.69 Å². The van der Waals surface area contributed by atoms with Gasteiger partial charge in [-0.25, -0.2) is 0 Å². The average Bonchev–Trinajstić information content (AvgIpc) is 2.74. The quantitative estimate of drug-likeness (QED) is 0.640. The molecule has 52 valence electrons. The number of hydrogen-bond acceptors (Lipinski definition) is 1. The summed E-state index contributed by atoms with van der Waals surface area (Å²) < 4.78 is 0. The van der Waals surface area contributed by atoms with Crippen molar-refractivity contribution in [2.75, 3.05) is 17.4 Å². The van der Waals surface area contributed by atoms with Gasteiger partial charge in [0.05, 0.1) is 0 Å². The van der Waals surface area contributed by atoms with E-state index in [1.165, 1.54) is 18.0 Å². The molecule has 1 aliphatic heterocycles. The molecule has 0 aromatic heterocycles. The lowest BCUT2D eigenvalue weighted by atomic mass is 10.3. The Balaban J connectivity index is 2.03. The zero-order valence-electron chi connectivity index (χ0n) is 5.75. The molecule has 1 aromatic carbocycles. The Labute approximate surface area is 62.3 Å². The summed E-state index contributed by atoms with van der Waals surface area (Å²) in [5.41, 5.74) is 1.28. The maximum atomic E-state index is 3.48.